The Morgan fingerprint density at radius 3 is 2.33 bits per heavy atom. The molecule has 1 heterocycles. The van der Waals surface area contributed by atoms with Gasteiger partial charge in [0.2, 0.25) is 5.91 Å². The van der Waals surface area contributed by atoms with E-state index in [-0.39, 0.29) is 11.5 Å². The number of hydrogen-bond acceptors (Lipinski definition) is 1. The van der Waals surface area contributed by atoms with Crippen LogP contribution in [0, 0.1) is 17.5 Å². The predicted octanol–water partition coefficient (Wildman–Crippen LogP) is 3.18. The van der Waals surface area contributed by atoms with Gasteiger partial charge in [0, 0.05) is 13.0 Å². The number of rotatable bonds is 2. The monoisotopic (exact) mass is 257 g/mol. The third-order valence-electron chi connectivity index (χ3n) is 3.32. The smallest absolute Gasteiger partial charge is 0.223 e. The van der Waals surface area contributed by atoms with Gasteiger partial charge in [0.25, 0.3) is 0 Å². The van der Waals surface area contributed by atoms with Crippen molar-refractivity contribution in [3.63, 3.8) is 0 Å². The highest BCUT2D eigenvalue weighted by molar-refractivity contribution is 5.77. The molecule has 0 aliphatic carbocycles. The molecule has 1 atom stereocenters. The van der Waals surface area contributed by atoms with Crippen LogP contribution in [0.25, 0.3) is 0 Å². The molecule has 1 aliphatic rings. The van der Waals surface area contributed by atoms with Gasteiger partial charge in [-0.15, -0.1) is 0 Å². The van der Waals surface area contributed by atoms with Crippen LogP contribution in [0.2, 0.25) is 0 Å². The minimum Gasteiger partial charge on any atom is -0.336 e. The molecular weight excluding hydrogens is 243 g/mol. The van der Waals surface area contributed by atoms with Crippen LogP contribution in [0.4, 0.5) is 13.2 Å². The zero-order chi connectivity index (χ0) is 13.3. The molecule has 1 aliphatic heterocycles. The summed E-state index contributed by atoms with van der Waals surface area (Å²) in [5.74, 6) is -3.95. The van der Waals surface area contributed by atoms with Gasteiger partial charge in [0.15, 0.2) is 17.5 Å². The van der Waals surface area contributed by atoms with Crippen molar-refractivity contribution < 1.29 is 18.0 Å². The Labute approximate surface area is 103 Å². The fourth-order valence-electron chi connectivity index (χ4n) is 2.23. The zero-order valence-electron chi connectivity index (χ0n) is 10.0. The van der Waals surface area contributed by atoms with E-state index in [1.54, 1.807) is 11.8 Å². The van der Waals surface area contributed by atoms with Gasteiger partial charge in [0.05, 0.1) is 6.04 Å². The summed E-state index contributed by atoms with van der Waals surface area (Å²) in [7, 11) is 0. The Kier molecular flexibility index (Phi) is 3.59. The van der Waals surface area contributed by atoms with Crippen LogP contribution >= 0.6 is 0 Å². The number of benzene rings is 1. The van der Waals surface area contributed by atoms with Crippen molar-refractivity contribution >= 4 is 5.91 Å². The van der Waals surface area contributed by atoms with Crippen molar-refractivity contribution in [2.75, 3.05) is 6.54 Å². The number of piperidine rings is 1. The lowest BCUT2D eigenvalue weighted by molar-refractivity contribution is -0.135. The molecule has 1 unspecified atom stereocenters. The van der Waals surface area contributed by atoms with Gasteiger partial charge in [-0.2, -0.15) is 0 Å². The first-order chi connectivity index (χ1) is 8.50. The molecule has 0 bridgehead atoms. The highest BCUT2D eigenvalue weighted by atomic mass is 19.2. The van der Waals surface area contributed by atoms with Crippen molar-refractivity contribution in [2.24, 2.45) is 0 Å². The topological polar surface area (TPSA) is 20.3 Å². The second kappa shape index (κ2) is 5.00. The summed E-state index contributed by atoms with van der Waals surface area (Å²) >= 11 is 0. The van der Waals surface area contributed by atoms with E-state index in [1.165, 1.54) is 0 Å². The molecule has 2 nitrogen and oxygen atoms in total. The number of nitrogens with zero attached hydrogens (tertiary/aromatic N) is 1. The minimum atomic E-state index is -1.48. The van der Waals surface area contributed by atoms with E-state index in [1.807, 2.05) is 0 Å². The molecule has 0 aromatic heterocycles. The van der Waals surface area contributed by atoms with Gasteiger partial charge >= 0.3 is 0 Å². The van der Waals surface area contributed by atoms with Gasteiger partial charge in [-0.1, -0.05) is 0 Å². The summed E-state index contributed by atoms with van der Waals surface area (Å²) in [6.07, 6.45) is 2.17. The Balaban J connectivity index is 2.28. The molecule has 1 fully saturated rings. The lowest BCUT2D eigenvalue weighted by atomic mass is 10.0. The number of amides is 1. The van der Waals surface area contributed by atoms with E-state index >= 15 is 0 Å². The fourth-order valence-corrected chi connectivity index (χ4v) is 2.23. The van der Waals surface area contributed by atoms with Crippen LogP contribution in [-0.4, -0.2) is 17.4 Å². The predicted molar refractivity (Wildman–Crippen MR) is 60.3 cm³/mol. The van der Waals surface area contributed by atoms with E-state index in [0.717, 1.165) is 25.0 Å². The van der Waals surface area contributed by atoms with Crippen LogP contribution < -0.4 is 0 Å². The lowest BCUT2D eigenvalue weighted by Crippen LogP contribution is -2.37. The van der Waals surface area contributed by atoms with E-state index < -0.39 is 23.5 Å². The van der Waals surface area contributed by atoms with Crippen molar-refractivity contribution in [1.82, 2.24) is 4.90 Å². The summed E-state index contributed by atoms with van der Waals surface area (Å²) < 4.78 is 39.2. The molecule has 1 aromatic rings. The number of hydrogen-bond donors (Lipinski definition) is 0. The molecular formula is C13H14F3NO. The summed E-state index contributed by atoms with van der Waals surface area (Å²) in [5, 5.41) is 0. The Morgan fingerprint density at radius 1 is 1.17 bits per heavy atom. The minimum absolute atomic E-state index is 0.0288. The Morgan fingerprint density at radius 2 is 1.78 bits per heavy atom. The van der Waals surface area contributed by atoms with Crippen LogP contribution in [0.15, 0.2) is 12.1 Å². The van der Waals surface area contributed by atoms with Gasteiger partial charge < -0.3 is 4.90 Å². The molecule has 1 aromatic carbocycles. The Bertz CT molecular complexity index is 452. The maximum Gasteiger partial charge on any atom is 0.223 e. The van der Waals surface area contributed by atoms with Gasteiger partial charge in [-0.3, -0.25) is 4.79 Å². The van der Waals surface area contributed by atoms with E-state index in [2.05, 4.69) is 0 Å². The summed E-state index contributed by atoms with van der Waals surface area (Å²) in [6, 6.07) is 1.46. The summed E-state index contributed by atoms with van der Waals surface area (Å²) in [4.78, 5) is 13.3. The highest BCUT2D eigenvalue weighted by Gasteiger charge is 2.25. The number of carbonyl (C=O) groups is 1. The first kappa shape index (κ1) is 12.9. The number of halogens is 3. The summed E-state index contributed by atoms with van der Waals surface area (Å²) in [6.45, 7) is 2.26. The first-order valence-electron chi connectivity index (χ1n) is 5.94. The molecule has 1 amide bonds. The third kappa shape index (κ3) is 2.35. The van der Waals surface area contributed by atoms with E-state index in [4.69, 9.17) is 0 Å². The van der Waals surface area contributed by atoms with Crippen molar-refractivity contribution in [3.05, 3.63) is 35.1 Å². The molecule has 18 heavy (non-hydrogen) atoms. The molecule has 1 saturated heterocycles. The largest absolute Gasteiger partial charge is 0.336 e. The lowest BCUT2D eigenvalue weighted by Gasteiger charge is -2.32. The molecule has 0 radical (unpaired) electrons. The van der Waals surface area contributed by atoms with Crippen LogP contribution in [0.3, 0.4) is 0 Å². The standard InChI is InChI=1S/C13H14F3NO/c1-8(17-5-3-2-4-12(17)18)9-6-10(14)13(16)11(15)7-9/h6-8H,2-5H2,1H3. The first-order valence-corrected chi connectivity index (χ1v) is 5.94. The molecule has 0 N–H and O–H groups in total. The van der Waals surface area contributed by atoms with Gasteiger partial charge in [-0.05, 0) is 37.5 Å². The zero-order valence-corrected chi connectivity index (χ0v) is 10.0. The second-order valence-corrected chi connectivity index (χ2v) is 4.52. The van der Waals surface area contributed by atoms with E-state index in [0.29, 0.717) is 13.0 Å². The van der Waals surface area contributed by atoms with Crippen LogP contribution in [0.1, 0.15) is 37.8 Å². The second-order valence-electron chi connectivity index (χ2n) is 4.52. The van der Waals surface area contributed by atoms with Crippen molar-refractivity contribution in [2.45, 2.75) is 32.2 Å². The van der Waals surface area contributed by atoms with Gasteiger partial charge in [-0.25, -0.2) is 13.2 Å². The van der Waals surface area contributed by atoms with Crippen molar-refractivity contribution in [1.29, 1.82) is 0 Å². The molecule has 98 valence electrons. The average molecular weight is 257 g/mol. The molecule has 2 rings (SSSR count). The molecule has 0 spiro atoms. The fraction of sp³-hybridized carbons (Fsp3) is 0.462. The third-order valence-corrected chi connectivity index (χ3v) is 3.32. The molecule has 5 heteroatoms. The van der Waals surface area contributed by atoms with Crippen LogP contribution in [-0.2, 0) is 4.79 Å². The van der Waals surface area contributed by atoms with Gasteiger partial charge in [0.1, 0.15) is 0 Å². The normalized spacial score (nSPS) is 18.0. The maximum atomic E-state index is 13.1. The van der Waals surface area contributed by atoms with E-state index in [9.17, 15) is 18.0 Å². The highest BCUT2D eigenvalue weighted by Crippen LogP contribution is 2.27. The number of carbonyl (C=O) groups excluding carboxylic acids is 1. The number of likely N-dealkylation sites (tertiary alicyclic amines) is 1. The van der Waals surface area contributed by atoms with Crippen LogP contribution in [0.5, 0.6) is 0 Å². The Hall–Kier alpha value is -1.52. The molecule has 0 saturated carbocycles. The van der Waals surface area contributed by atoms with Crippen molar-refractivity contribution in [3.8, 4) is 0 Å². The maximum absolute atomic E-state index is 13.1. The average Bonchev–Trinajstić information content (AvgIpc) is 2.35. The summed E-state index contributed by atoms with van der Waals surface area (Å²) in [5.41, 5.74) is 0.279. The SMILES string of the molecule is CC(c1cc(F)c(F)c(F)c1)N1CCCCC1=O. The quantitative estimate of drug-likeness (QED) is 0.745.